The number of methoxy groups -OCH3 is 1. The first-order valence-electron chi connectivity index (χ1n) is 7.75. The van der Waals surface area contributed by atoms with Crippen LogP contribution in [-0.2, 0) is 7.05 Å². The quantitative estimate of drug-likeness (QED) is 0.724. The minimum absolute atomic E-state index is 0.00551. The van der Waals surface area contributed by atoms with E-state index >= 15 is 0 Å². The van der Waals surface area contributed by atoms with Gasteiger partial charge in [-0.2, -0.15) is 0 Å². The molecular formula is C18H21N3O2S. The third kappa shape index (κ3) is 2.57. The van der Waals surface area contributed by atoms with Crippen molar-refractivity contribution >= 4 is 28.1 Å². The number of rotatable bonds is 4. The van der Waals surface area contributed by atoms with Crippen LogP contribution in [0.5, 0.6) is 5.75 Å². The standard InChI is InChI=1S/C18H21N3O2S/c1-11-16(14-10-13(23-5)6-7-15(14)20(11)3)18(22)21(4)12(2)17-19-8-9-24-17/h6-10,12H,1-5H3. The summed E-state index contributed by atoms with van der Waals surface area (Å²) in [6.45, 7) is 3.97. The fourth-order valence-electron chi connectivity index (χ4n) is 2.91. The van der Waals surface area contributed by atoms with E-state index in [4.69, 9.17) is 4.74 Å². The van der Waals surface area contributed by atoms with Crippen LogP contribution >= 0.6 is 11.3 Å². The molecule has 5 nitrogen and oxygen atoms in total. The van der Waals surface area contributed by atoms with Crippen LogP contribution in [0.25, 0.3) is 10.9 Å². The highest BCUT2D eigenvalue weighted by atomic mass is 32.1. The first-order valence-corrected chi connectivity index (χ1v) is 8.63. The molecule has 6 heteroatoms. The Morgan fingerprint density at radius 1 is 1.42 bits per heavy atom. The Balaban J connectivity index is 2.07. The molecule has 0 spiro atoms. The second-order valence-corrected chi connectivity index (χ2v) is 6.79. The Labute approximate surface area is 145 Å². The van der Waals surface area contributed by atoms with Gasteiger partial charge in [0.05, 0.1) is 18.7 Å². The summed E-state index contributed by atoms with van der Waals surface area (Å²) in [5.74, 6) is 0.742. The molecule has 0 radical (unpaired) electrons. The average molecular weight is 343 g/mol. The molecule has 1 unspecified atom stereocenters. The topological polar surface area (TPSA) is 47.4 Å². The lowest BCUT2D eigenvalue weighted by Gasteiger charge is -2.23. The third-order valence-electron chi connectivity index (χ3n) is 4.62. The van der Waals surface area contributed by atoms with Crippen molar-refractivity contribution in [3.05, 3.63) is 46.0 Å². The minimum atomic E-state index is -0.0715. The van der Waals surface area contributed by atoms with E-state index in [9.17, 15) is 4.79 Å². The molecule has 1 aromatic carbocycles. The summed E-state index contributed by atoms with van der Waals surface area (Å²) in [7, 11) is 5.44. The smallest absolute Gasteiger partial charge is 0.256 e. The second kappa shape index (κ2) is 6.28. The number of fused-ring (bicyclic) bond motifs is 1. The molecule has 0 aliphatic carbocycles. The number of benzene rings is 1. The summed E-state index contributed by atoms with van der Waals surface area (Å²) < 4.78 is 7.38. The van der Waals surface area contributed by atoms with Crippen LogP contribution in [0.4, 0.5) is 0 Å². The summed E-state index contributed by atoms with van der Waals surface area (Å²) in [6.07, 6.45) is 1.77. The normalized spacial score (nSPS) is 12.4. The molecule has 0 N–H and O–H groups in total. The summed E-state index contributed by atoms with van der Waals surface area (Å²) in [4.78, 5) is 19.3. The van der Waals surface area contributed by atoms with Crippen molar-refractivity contribution in [2.75, 3.05) is 14.2 Å². The van der Waals surface area contributed by atoms with Gasteiger partial charge in [-0.3, -0.25) is 4.79 Å². The van der Waals surface area contributed by atoms with E-state index in [-0.39, 0.29) is 11.9 Å². The van der Waals surface area contributed by atoms with E-state index in [1.165, 1.54) is 0 Å². The van der Waals surface area contributed by atoms with Crippen LogP contribution in [0.1, 0.15) is 34.0 Å². The highest BCUT2D eigenvalue weighted by Crippen LogP contribution is 2.31. The minimum Gasteiger partial charge on any atom is -0.497 e. The molecule has 0 aliphatic heterocycles. The number of hydrogen-bond donors (Lipinski definition) is 0. The monoisotopic (exact) mass is 343 g/mol. The number of hydrogen-bond acceptors (Lipinski definition) is 4. The number of carbonyl (C=O) groups excluding carboxylic acids is 1. The van der Waals surface area contributed by atoms with Crippen LogP contribution in [0.15, 0.2) is 29.8 Å². The highest BCUT2D eigenvalue weighted by molar-refractivity contribution is 7.09. The zero-order valence-electron chi connectivity index (χ0n) is 14.5. The van der Waals surface area contributed by atoms with Crippen molar-refractivity contribution in [2.24, 2.45) is 7.05 Å². The largest absolute Gasteiger partial charge is 0.497 e. The van der Waals surface area contributed by atoms with Crippen molar-refractivity contribution in [1.82, 2.24) is 14.5 Å². The van der Waals surface area contributed by atoms with Crippen LogP contribution < -0.4 is 4.74 Å². The Morgan fingerprint density at radius 3 is 2.79 bits per heavy atom. The number of aromatic nitrogens is 2. The predicted molar refractivity (Wildman–Crippen MR) is 96.8 cm³/mol. The SMILES string of the molecule is COc1ccc2c(c1)c(C(=O)N(C)C(C)c1nccs1)c(C)n2C. The Morgan fingerprint density at radius 2 is 2.17 bits per heavy atom. The molecule has 24 heavy (non-hydrogen) atoms. The maximum Gasteiger partial charge on any atom is 0.256 e. The van der Waals surface area contributed by atoms with Gasteiger partial charge >= 0.3 is 0 Å². The van der Waals surface area contributed by atoms with Crippen molar-refractivity contribution in [3.63, 3.8) is 0 Å². The maximum atomic E-state index is 13.2. The molecule has 0 fully saturated rings. The van der Waals surface area contributed by atoms with Gasteiger partial charge in [0.2, 0.25) is 0 Å². The van der Waals surface area contributed by atoms with Crippen molar-refractivity contribution < 1.29 is 9.53 Å². The molecule has 0 saturated heterocycles. The molecule has 3 aromatic rings. The molecule has 2 heterocycles. The maximum absolute atomic E-state index is 13.2. The van der Waals surface area contributed by atoms with E-state index in [2.05, 4.69) is 4.98 Å². The molecule has 1 amide bonds. The first-order chi connectivity index (χ1) is 11.5. The van der Waals surface area contributed by atoms with E-state index in [0.29, 0.717) is 0 Å². The second-order valence-electron chi connectivity index (χ2n) is 5.86. The Hall–Kier alpha value is -2.34. The lowest BCUT2D eigenvalue weighted by atomic mass is 10.1. The zero-order valence-corrected chi connectivity index (χ0v) is 15.3. The van der Waals surface area contributed by atoms with Gasteiger partial charge in [-0.05, 0) is 32.0 Å². The summed E-state index contributed by atoms with van der Waals surface area (Å²) >= 11 is 1.56. The number of carbonyl (C=O) groups is 1. The van der Waals surface area contributed by atoms with E-state index in [1.807, 2.05) is 56.1 Å². The molecule has 126 valence electrons. The van der Waals surface area contributed by atoms with Crippen molar-refractivity contribution in [3.8, 4) is 5.75 Å². The van der Waals surface area contributed by atoms with Gasteiger partial charge in [-0.15, -0.1) is 11.3 Å². The van der Waals surface area contributed by atoms with Gasteiger partial charge in [0.25, 0.3) is 5.91 Å². The van der Waals surface area contributed by atoms with Crippen molar-refractivity contribution in [1.29, 1.82) is 0 Å². The highest BCUT2D eigenvalue weighted by Gasteiger charge is 2.26. The van der Waals surface area contributed by atoms with Gasteiger partial charge in [0.1, 0.15) is 10.8 Å². The molecule has 0 aliphatic rings. The van der Waals surface area contributed by atoms with Gasteiger partial charge in [-0.1, -0.05) is 0 Å². The fourth-order valence-corrected chi connectivity index (χ4v) is 3.64. The Kier molecular flexibility index (Phi) is 4.32. The van der Waals surface area contributed by atoms with Gasteiger partial charge in [0.15, 0.2) is 0 Å². The van der Waals surface area contributed by atoms with E-state index in [0.717, 1.165) is 32.9 Å². The number of aryl methyl sites for hydroxylation is 1. The molecule has 0 saturated carbocycles. The number of nitrogens with zero attached hydrogens (tertiary/aromatic N) is 3. The fraction of sp³-hybridized carbons (Fsp3) is 0.333. The van der Waals surface area contributed by atoms with Crippen LogP contribution in [0.2, 0.25) is 0 Å². The van der Waals surface area contributed by atoms with Crippen LogP contribution in [0.3, 0.4) is 0 Å². The van der Waals surface area contributed by atoms with Gasteiger partial charge in [0, 0.05) is 42.3 Å². The lowest BCUT2D eigenvalue weighted by molar-refractivity contribution is 0.0743. The van der Waals surface area contributed by atoms with Crippen molar-refractivity contribution in [2.45, 2.75) is 19.9 Å². The molecule has 1 atom stereocenters. The van der Waals surface area contributed by atoms with E-state index < -0.39 is 0 Å². The Bertz CT molecular complexity index is 883. The molecular weight excluding hydrogens is 322 g/mol. The molecule has 0 bridgehead atoms. The van der Waals surface area contributed by atoms with Crippen LogP contribution in [-0.4, -0.2) is 34.5 Å². The average Bonchev–Trinajstić information content (AvgIpc) is 3.21. The third-order valence-corrected chi connectivity index (χ3v) is 5.57. The predicted octanol–water partition coefficient (Wildman–Crippen LogP) is 3.79. The lowest BCUT2D eigenvalue weighted by Crippen LogP contribution is -2.30. The summed E-state index contributed by atoms with van der Waals surface area (Å²) in [5.41, 5.74) is 2.69. The summed E-state index contributed by atoms with van der Waals surface area (Å²) in [6, 6.07) is 5.76. The molecule has 2 aromatic heterocycles. The summed E-state index contributed by atoms with van der Waals surface area (Å²) in [5, 5.41) is 3.77. The van der Waals surface area contributed by atoms with E-state index in [1.54, 1.807) is 29.5 Å². The van der Waals surface area contributed by atoms with Gasteiger partial charge < -0.3 is 14.2 Å². The zero-order chi connectivity index (χ0) is 17.4. The molecule has 3 rings (SSSR count). The number of amides is 1. The van der Waals surface area contributed by atoms with Crippen LogP contribution in [0, 0.1) is 6.92 Å². The first kappa shape index (κ1) is 16.5. The van der Waals surface area contributed by atoms with Gasteiger partial charge in [-0.25, -0.2) is 4.98 Å². The number of thiazole rings is 1. The number of ether oxygens (including phenoxy) is 1.